The second-order valence-electron chi connectivity index (χ2n) is 5.79. The molecule has 1 atom stereocenters. The Hall–Kier alpha value is -3.43. The van der Waals surface area contributed by atoms with E-state index in [1.54, 1.807) is 53.0 Å². The van der Waals surface area contributed by atoms with Gasteiger partial charge in [0.15, 0.2) is 0 Å². The van der Waals surface area contributed by atoms with E-state index < -0.39 is 24.7 Å². The van der Waals surface area contributed by atoms with E-state index in [1.807, 2.05) is 0 Å². The van der Waals surface area contributed by atoms with Crippen molar-refractivity contribution < 1.29 is 27.9 Å². The molecular formula is C17H15F3N4O3. The minimum absolute atomic E-state index is 0.162. The van der Waals surface area contributed by atoms with E-state index in [0.29, 0.717) is 11.3 Å². The maximum atomic E-state index is 12.1. The number of halogens is 3. The second kappa shape index (κ2) is 7.06. The van der Waals surface area contributed by atoms with Crippen LogP contribution in [0, 0.1) is 0 Å². The molecule has 142 valence electrons. The van der Waals surface area contributed by atoms with Crippen molar-refractivity contribution in [3.63, 3.8) is 0 Å². The van der Waals surface area contributed by atoms with Crippen LogP contribution in [0.2, 0.25) is 0 Å². The summed E-state index contributed by atoms with van der Waals surface area (Å²) in [4.78, 5) is 24.4. The summed E-state index contributed by atoms with van der Waals surface area (Å²) in [7, 11) is 0. The minimum atomic E-state index is -4.49. The van der Waals surface area contributed by atoms with Gasteiger partial charge in [0.25, 0.3) is 0 Å². The fourth-order valence-corrected chi connectivity index (χ4v) is 2.64. The molecule has 0 saturated carbocycles. The van der Waals surface area contributed by atoms with Gasteiger partial charge in [0.05, 0.1) is 11.3 Å². The van der Waals surface area contributed by atoms with Crippen LogP contribution in [0.3, 0.4) is 0 Å². The lowest BCUT2D eigenvalue weighted by atomic mass is 10.1. The predicted molar refractivity (Wildman–Crippen MR) is 91.1 cm³/mol. The lowest BCUT2D eigenvalue weighted by molar-refractivity contribution is -0.132. The summed E-state index contributed by atoms with van der Waals surface area (Å²) < 4.78 is 36.4. The fraction of sp³-hybridized carbons (Fsp3) is 0.176. The normalized spacial score (nSPS) is 18.2. The van der Waals surface area contributed by atoms with Gasteiger partial charge in [-0.15, -0.1) is 0 Å². The number of nitrogens with one attached hydrogen (secondary N) is 3. The molecule has 0 radical (unpaired) electrons. The zero-order valence-corrected chi connectivity index (χ0v) is 13.7. The van der Waals surface area contributed by atoms with Crippen LogP contribution in [0.15, 0.2) is 54.4 Å². The Bertz CT molecular complexity index is 861. The van der Waals surface area contributed by atoms with Crippen LogP contribution >= 0.6 is 0 Å². The Morgan fingerprint density at radius 3 is 2.78 bits per heavy atom. The lowest BCUT2D eigenvalue weighted by Gasteiger charge is -2.26. The first-order valence-electron chi connectivity index (χ1n) is 7.83. The zero-order valence-electron chi connectivity index (χ0n) is 13.7. The number of benzene rings is 1. The van der Waals surface area contributed by atoms with Crippen molar-refractivity contribution in [2.24, 2.45) is 0 Å². The fourth-order valence-electron chi connectivity index (χ4n) is 2.64. The number of hydrogen-bond donors (Lipinski definition) is 4. The van der Waals surface area contributed by atoms with Crippen LogP contribution < -0.4 is 16.0 Å². The number of aliphatic carboxylic acids is 1. The van der Waals surface area contributed by atoms with E-state index >= 15 is 0 Å². The van der Waals surface area contributed by atoms with Crippen LogP contribution in [-0.2, 0) is 4.79 Å². The largest absolute Gasteiger partial charge is 0.478 e. The van der Waals surface area contributed by atoms with Crippen molar-refractivity contribution in [1.82, 2.24) is 15.5 Å². The van der Waals surface area contributed by atoms with E-state index in [9.17, 15) is 22.8 Å². The molecule has 2 aliphatic rings. The number of urea groups is 1. The Labute approximate surface area is 151 Å². The van der Waals surface area contributed by atoms with Crippen LogP contribution in [0.4, 0.5) is 23.7 Å². The second-order valence-corrected chi connectivity index (χ2v) is 5.79. The summed E-state index contributed by atoms with van der Waals surface area (Å²) in [5.74, 6) is -1.03. The molecule has 27 heavy (non-hydrogen) atoms. The van der Waals surface area contributed by atoms with Crippen molar-refractivity contribution in [3.8, 4) is 0 Å². The van der Waals surface area contributed by atoms with Gasteiger partial charge in [-0.25, -0.2) is 9.59 Å². The van der Waals surface area contributed by atoms with Crippen LogP contribution in [-0.4, -0.2) is 40.9 Å². The highest BCUT2D eigenvalue weighted by Crippen LogP contribution is 2.30. The third-order valence-electron chi connectivity index (χ3n) is 3.83. The SMILES string of the molecule is O=C(NCC(F)(F)F)Nc1cccc(C2=CNC3C=C(C(=O)O)C=CN23)c1. The molecule has 0 saturated heterocycles. The number of hydrogen-bond acceptors (Lipinski definition) is 4. The Kier molecular flexibility index (Phi) is 4.80. The summed E-state index contributed by atoms with van der Waals surface area (Å²) in [6.07, 6.45) is 1.49. The Morgan fingerprint density at radius 1 is 1.30 bits per heavy atom. The van der Waals surface area contributed by atoms with Gasteiger partial charge < -0.3 is 26.0 Å². The summed E-state index contributed by atoms with van der Waals surface area (Å²) >= 11 is 0. The maximum absolute atomic E-state index is 12.1. The van der Waals surface area contributed by atoms with Crippen molar-refractivity contribution in [2.45, 2.75) is 12.3 Å². The third kappa shape index (κ3) is 4.40. The molecule has 0 aromatic heterocycles. The number of rotatable bonds is 4. The molecule has 0 spiro atoms. The highest BCUT2D eigenvalue weighted by Gasteiger charge is 2.28. The summed E-state index contributed by atoms with van der Waals surface area (Å²) in [5.41, 5.74) is 1.89. The van der Waals surface area contributed by atoms with Crippen molar-refractivity contribution >= 4 is 23.4 Å². The lowest BCUT2D eigenvalue weighted by Crippen LogP contribution is -2.36. The molecule has 0 aliphatic carbocycles. The number of carboxylic acids is 1. The average molecular weight is 380 g/mol. The topological polar surface area (TPSA) is 93.7 Å². The number of fused-ring (bicyclic) bond motifs is 1. The Balaban J connectivity index is 1.69. The van der Waals surface area contributed by atoms with Crippen LogP contribution in [0.25, 0.3) is 5.70 Å². The van der Waals surface area contributed by atoms with E-state index in [4.69, 9.17) is 5.11 Å². The van der Waals surface area contributed by atoms with Gasteiger partial charge in [-0.3, -0.25) is 0 Å². The van der Waals surface area contributed by atoms with E-state index in [1.165, 1.54) is 6.08 Å². The highest BCUT2D eigenvalue weighted by atomic mass is 19.4. The molecule has 4 N–H and O–H groups in total. The molecular weight excluding hydrogens is 365 g/mol. The van der Waals surface area contributed by atoms with Gasteiger partial charge >= 0.3 is 18.2 Å². The predicted octanol–water partition coefficient (Wildman–Crippen LogP) is 2.44. The van der Waals surface area contributed by atoms with Gasteiger partial charge in [-0.1, -0.05) is 12.1 Å². The number of carboxylic acid groups (broad SMARTS) is 1. The molecule has 7 nitrogen and oxygen atoms in total. The third-order valence-corrected chi connectivity index (χ3v) is 3.83. The van der Waals surface area contributed by atoms with Gasteiger partial charge in [0.2, 0.25) is 0 Å². The standard InChI is InChI=1S/C17H15F3N4O3/c18-17(19,20)9-22-16(27)23-12-3-1-2-10(6-12)13-8-21-14-7-11(15(25)26)4-5-24(13)14/h1-8,14,21H,9H2,(H,25,26)(H2,22,23,27). The van der Waals surface area contributed by atoms with Crippen LogP contribution in [0.1, 0.15) is 5.56 Å². The molecule has 10 heteroatoms. The Morgan fingerprint density at radius 2 is 2.07 bits per heavy atom. The van der Waals surface area contributed by atoms with Crippen molar-refractivity contribution in [2.75, 3.05) is 11.9 Å². The molecule has 1 unspecified atom stereocenters. The van der Waals surface area contributed by atoms with Gasteiger partial charge in [0, 0.05) is 23.7 Å². The molecule has 2 amide bonds. The van der Waals surface area contributed by atoms with Crippen molar-refractivity contribution in [3.05, 3.63) is 60.0 Å². The molecule has 0 bridgehead atoms. The monoisotopic (exact) mass is 380 g/mol. The molecule has 1 aromatic carbocycles. The summed E-state index contributed by atoms with van der Waals surface area (Å²) in [6, 6.07) is 5.60. The van der Waals surface area contributed by atoms with Crippen LogP contribution in [0.5, 0.6) is 0 Å². The first-order chi connectivity index (χ1) is 12.7. The highest BCUT2D eigenvalue weighted by molar-refractivity contribution is 5.91. The number of alkyl halides is 3. The average Bonchev–Trinajstić information content (AvgIpc) is 3.03. The number of carbonyl (C=O) groups is 2. The molecule has 2 aliphatic heterocycles. The number of anilines is 1. The minimum Gasteiger partial charge on any atom is -0.478 e. The smallest absolute Gasteiger partial charge is 0.405 e. The number of amides is 2. The molecule has 3 rings (SSSR count). The first kappa shape index (κ1) is 18.4. The van der Waals surface area contributed by atoms with Crippen molar-refractivity contribution in [1.29, 1.82) is 0 Å². The summed E-state index contributed by atoms with van der Waals surface area (Å²) in [6.45, 7) is -1.42. The number of nitrogens with zero attached hydrogens (tertiary/aromatic N) is 1. The number of carbonyl (C=O) groups excluding carboxylic acids is 1. The van der Waals surface area contributed by atoms with E-state index in [0.717, 1.165) is 5.70 Å². The van der Waals surface area contributed by atoms with Gasteiger partial charge in [-0.2, -0.15) is 13.2 Å². The van der Waals surface area contributed by atoms with Gasteiger partial charge in [0.1, 0.15) is 12.7 Å². The molecule has 1 aromatic rings. The molecule has 2 heterocycles. The van der Waals surface area contributed by atoms with E-state index in [-0.39, 0.29) is 11.7 Å². The maximum Gasteiger partial charge on any atom is 0.405 e. The summed E-state index contributed by atoms with van der Waals surface area (Å²) in [5, 5.41) is 16.2. The van der Waals surface area contributed by atoms with E-state index in [2.05, 4.69) is 10.6 Å². The quantitative estimate of drug-likeness (QED) is 0.644. The van der Waals surface area contributed by atoms with Gasteiger partial charge in [-0.05, 0) is 24.3 Å². The molecule has 0 fully saturated rings. The first-order valence-corrected chi connectivity index (χ1v) is 7.83. The zero-order chi connectivity index (χ0) is 19.6.